The van der Waals surface area contributed by atoms with E-state index in [0.717, 1.165) is 38.9 Å². The van der Waals surface area contributed by atoms with E-state index in [1.54, 1.807) is 0 Å². The fourth-order valence-electron chi connectivity index (χ4n) is 3.24. The number of hydrogen-bond donors (Lipinski definition) is 2. The lowest BCUT2D eigenvalue weighted by atomic mass is 10.0. The van der Waals surface area contributed by atoms with Gasteiger partial charge in [0.15, 0.2) is 0 Å². The van der Waals surface area contributed by atoms with Crippen molar-refractivity contribution < 1.29 is 9.59 Å². The first-order chi connectivity index (χ1) is 12.5. The summed E-state index contributed by atoms with van der Waals surface area (Å²) >= 11 is 0. The molecular formula is C20H32N4O2. The lowest BCUT2D eigenvalue weighted by Gasteiger charge is -2.32. The van der Waals surface area contributed by atoms with Crippen LogP contribution in [0.4, 0.5) is 0 Å². The van der Waals surface area contributed by atoms with Crippen LogP contribution in [0.25, 0.3) is 0 Å². The molecule has 1 fully saturated rings. The van der Waals surface area contributed by atoms with Crippen LogP contribution < -0.4 is 10.6 Å². The summed E-state index contributed by atoms with van der Waals surface area (Å²) in [6, 6.07) is 4.55. The Labute approximate surface area is 156 Å². The van der Waals surface area contributed by atoms with Crippen LogP contribution >= 0.6 is 0 Å². The van der Waals surface area contributed by atoms with Crippen molar-refractivity contribution in [3.63, 3.8) is 0 Å². The molecule has 1 saturated heterocycles. The molecule has 0 saturated carbocycles. The van der Waals surface area contributed by atoms with E-state index in [1.165, 1.54) is 5.56 Å². The van der Waals surface area contributed by atoms with E-state index in [0.29, 0.717) is 19.3 Å². The van der Waals surface area contributed by atoms with E-state index in [9.17, 15) is 9.59 Å². The Balaban J connectivity index is 1.56. The molecule has 6 nitrogen and oxygen atoms in total. The molecule has 0 atom stereocenters. The van der Waals surface area contributed by atoms with E-state index in [2.05, 4.69) is 32.7 Å². The fraction of sp³-hybridized carbons (Fsp3) is 0.650. The topological polar surface area (TPSA) is 74.3 Å². The van der Waals surface area contributed by atoms with Crippen molar-refractivity contribution in [1.82, 2.24) is 20.5 Å². The monoisotopic (exact) mass is 360 g/mol. The van der Waals surface area contributed by atoms with Crippen LogP contribution in [0.15, 0.2) is 24.5 Å². The number of piperidine rings is 1. The number of likely N-dealkylation sites (tertiary alicyclic amines) is 1. The van der Waals surface area contributed by atoms with Gasteiger partial charge in [0.25, 0.3) is 0 Å². The molecule has 2 rings (SSSR count). The maximum Gasteiger partial charge on any atom is 0.220 e. The van der Waals surface area contributed by atoms with E-state index in [-0.39, 0.29) is 23.9 Å². The van der Waals surface area contributed by atoms with Crippen LogP contribution in [0.2, 0.25) is 0 Å². The molecule has 0 radical (unpaired) electrons. The van der Waals surface area contributed by atoms with Gasteiger partial charge in [-0.2, -0.15) is 0 Å². The van der Waals surface area contributed by atoms with E-state index in [1.807, 2.05) is 26.2 Å². The zero-order valence-corrected chi connectivity index (χ0v) is 16.0. The molecule has 0 aromatic carbocycles. The normalized spacial score (nSPS) is 15.8. The summed E-state index contributed by atoms with van der Waals surface area (Å²) in [7, 11) is 0. The highest BCUT2D eigenvalue weighted by Gasteiger charge is 2.20. The average molecular weight is 361 g/mol. The molecule has 1 aromatic heterocycles. The second-order valence-electron chi connectivity index (χ2n) is 7.36. The first-order valence-corrected chi connectivity index (χ1v) is 9.73. The summed E-state index contributed by atoms with van der Waals surface area (Å²) < 4.78 is 0. The van der Waals surface area contributed by atoms with E-state index >= 15 is 0 Å². The van der Waals surface area contributed by atoms with Crippen molar-refractivity contribution >= 4 is 11.8 Å². The molecule has 6 heteroatoms. The van der Waals surface area contributed by atoms with E-state index in [4.69, 9.17) is 0 Å². The van der Waals surface area contributed by atoms with Gasteiger partial charge in [0, 0.05) is 57.0 Å². The van der Waals surface area contributed by atoms with Crippen LogP contribution in [-0.2, 0) is 16.0 Å². The summed E-state index contributed by atoms with van der Waals surface area (Å²) in [6.45, 7) is 6.97. The maximum atomic E-state index is 12.0. The smallest absolute Gasteiger partial charge is 0.220 e. The number of nitrogens with one attached hydrogen (secondary N) is 2. The van der Waals surface area contributed by atoms with Crippen molar-refractivity contribution in [2.45, 2.75) is 64.5 Å². The molecule has 0 unspecified atom stereocenters. The molecule has 0 spiro atoms. The van der Waals surface area contributed by atoms with Crippen LogP contribution in [0, 0.1) is 0 Å². The van der Waals surface area contributed by atoms with Gasteiger partial charge in [0.1, 0.15) is 0 Å². The lowest BCUT2D eigenvalue weighted by Crippen LogP contribution is -2.45. The predicted octanol–water partition coefficient (Wildman–Crippen LogP) is 1.90. The number of rotatable bonds is 9. The summed E-state index contributed by atoms with van der Waals surface area (Å²) in [6.07, 6.45) is 8.15. The summed E-state index contributed by atoms with van der Waals surface area (Å²) in [5.41, 5.74) is 1.32. The lowest BCUT2D eigenvalue weighted by molar-refractivity contribution is -0.123. The van der Waals surface area contributed by atoms with E-state index < -0.39 is 0 Å². The quantitative estimate of drug-likeness (QED) is 0.705. The predicted molar refractivity (Wildman–Crippen MR) is 103 cm³/mol. The highest BCUT2D eigenvalue weighted by atomic mass is 16.2. The number of nitrogens with zero attached hydrogens (tertiary/aromatic N) is 2. The highest BCUT2D eigenvalue weighted by Crippen LogP contribution is 2.12. The van der Waals surface area contributed by atoms with Crippen LogP contribution in [0.5, 0.6) is 0 Å². The number of pyridine rings is 1. The molecule has 1 aliphatic heterocycles. The van der Waals surface area contributed by atoms with Crippen molar-refractivity contribution in [2.75, 3.05) is 19.6 Å². The van der Waals surface area contributed by atoms with Crippen LogP contribution in [0.1, 0.15) is 51.5 Å². The minimum absolute atomic E-state index is 0.0234. The van der Waals surface area contributed by atoms with Crippen LogP contribution in [-0.4, -0.2) is 53.4 Å². The van der Waals surface area contributed by atoms with Gasteiger partial charge in [-0.25, -0.2) is 0 Å². The molecular weight excluding hydrogens is 328 g/mol. The third-order valence-electron chi connectivity index (χ3n) is 4.68. The Morgan fingerprint density at radius 2 is 1.81 bits per heavy atom. The average Bonchev–Trinajstić information content (AvgIpc) is 2.61. The van der Waals surface area contributed by atoms with Gasteiger partial charge in [-0.3, -0.25) is 14.6 Å². The second kappa shape index (κ2) is 10.9. The number of carbonyl (C=O) groups is 2. The minimum Gasteiger partial charge on any atom is -0.354 e. The summed E-state index contributed by atoms with van der Waals surface area (Å²) in [5.74, 6) is 0.0906. The molecule has 2 amide bonds. The van der Waals surface area contributed by atoms with Gasteiger partial charge >= 0.3 is 0 Å². The van der Waals surface area contributed by atoms with Crippen molar-refractivity contribution in [3.05, 3.63) is 30.1 Å². The third-order valence-corrected chi connectivity index (χ3v) is 4.68. The standard InChI is InChI=1S/C20H32N4O2/c1-16(2)22-19(25)4-3-5-20(26)23-18-9-14-24(15-10-18)13-8-17-6-11-21-12-7-17/h6-7,11-12,16,18H,3-5,8-10,13-15H2,1-2H3,(H,22,25)(H,23,26). The van der Waals surface area contributed by atoms with Gasteiger partial charge < -0.3 is 15.5 Å². The number of amides is 2. The number of hydrogen-bond acceptors (Lipinski definition) is 4. The van der Waals surface area contributed by atoms with Crippen LogP contribution in [0.3, 0.4) is 0 Å². The third kappa shape index (κ3) is 7.95. The largest absolute Gasteiger partial charge is 0.354 e. The molecule has 1 aromatic rings. The molecule has 1 aliphatic rings. The molecule has 26 heavy (non-hydrogen) atoms. The molecule has 2 N–H and O–H groups in total. The number of carbonyl (C=O) groups excluding carboxylic acids is 2. The van der Waals surface area contributed by atoms with Gasteiger partial charge in [0.05, 0.1) is 0 Å². The highest BCUT2D eigenvalue weighted by molar-refractivity contribution is 5.79. The van der Waals surface area contributed by atoms with Gasteiger partial charge in [-0.1, -0.05) is 0 Å². The first-order valence-electron chi connectivity index (χ1n) is 9.73. The first kappa shape index (κ1) is 20.4. The molecule has 0 aliphatic carbocycles. The van der Waals surface area contributed by atoms with Gasteiger partial charge in [0.2, 0.25) is 11.8 Å². The molecule has 2 heterocycles. The molecule has 144 valence electrons. The SMILES string of the molecule is CC(C)NC(=O)CCCC(=O)NC1CCN(CCc2ccncc2)CC1. The fourth-order valence-corrected chi connectivity index (χ4v) is 3.24. The van der Waals surface area contributed by atoms with Crippen molar-refractivity contribution in [1.29, 1.82) is 0 Å². The van der Waals surface area contributed by atoms with Gasteiger partial charge in [-0.15, -0.1) is 0 Å². The number of aromatic nitrogens is 1. The zero-order valence-electron chi connectivity index (χ0n) is 16.0. The minimum atomic E-state index is 0.0234. The second-order valence-corrected chi connectivity index (χ2v) is 7.36. The zero-order chi connectivity index (χ0) is 18.8. The Hall–Kier alpha value is -1.95. The Morgan fingerprint density at radius 1 is 1.15 bits per heavy atom. The Bertz CT molecular complexity index is 554. The van der Waals surface area contributed by atoms with Crippen molar-refractivity contribution in [2.24, 2.45) is 0 Å². The maximum absolute atomic E-state index is 12.0. The summed E-state index contributed by atoms with van der Waals surface area (Å²) in [5, 5.41) is 5.97. The van der Waals surface area contributed by atoms with Gasteiger partial charge in [-0.05, 0) is 57.2 Å². The Kier molecular flexibility index (Phi) is 8.54. The molecule has 0 bridgehead atoms. The Morgan fingerprint density at radius 3 is 2.46 bits per heavy atom. The summed E-state index contributed by atoms with van der Waals surface area (Å²) in [4.78, 5) is 30.1. The van der Waals surface area contributed by atoms with Crippen molar-refractivity contribution in [3.8, 4) is 0 Å².